The van der Waals surface area contributed by atoms with Gasteiger partial charge in [0.2, 0.25) is 10.0 Å². The molecule has 0 spiro atoms. The van der Waals surface area contributed by atoms with E-state index in [0.717, 1.165) is 8.78 Å². The molecule has 1 N–H and O–H groups in total. The van der Waals surface area contributed by atoms with Gasteiger partial charge in [0.25, 0.3) is 0 Å². The second-order valence-electron chi connectivity index (χ2n) is 5.58. The number of sulfonamides is 1. The second kappa shape index (κ2) is 9.36. The molecule has 2 aromatic rings. The van der Waals surface area contributed by atoms with Gasteiger partial charge >= 0.3 is 0 Å². The molecule has 0 aliphatic rings. The topological polar surface area (TPSA) is 76.1 Å². The highest BCUT2D eigenvalue weighted by Crippen LogP contribution is 2.26. The van der Waals surface area contributed by atoms with Crippen LogP contribution >= 0.6 is 15.9 Å². The molecule has 0 amide bonds. The molecule has 0 unspecified atom stereocenters. The Hall–Kier alpha value is -1.61. The minimum Gasteiger partial charge on any atom is -0.490 e. The van der Waals surface area contributed by atoms with Gasteiger partial charge in [-0.15, -0.1) is 0 Å². The Morgan fingerprint density at radius 3 is 2.23 bits per heavy atom. The molecule has 0 saturated carbocycles. The van der Waals surface area contributed by atoms with Crippen molar-refractivity contribution in [3.8, 4) is 11.5 Å². The Morgan fingerprint density at radius 1 is 1.08 bits per heavy atom. The van der Waals surface area contributed by atoms with E-state index in [9.17, 15) is 13.5 Å². The van der Waals surface area contributed by atoms with Gasteiger partial charge in [0.1, 0.15) is 12.7 Å². The van der Waals surface area contributed by atoms with Crippen molar-refractivity contribution in [1.82, 2.24) is 4.31 Å². The molecule has 6 nitrogen and oxygen atoms in total. The summed E-state index contributed by atoms with van der Waals surface area (Å²) < 4.78 is 38.0. The Bertz CT molecular complexity index is 811. The lowest BCUT2D eigenvalue weighted by Crippen LogP contribution is -2.37. The number of halogens is 1. The summed E-state index contributed by atoms with van der Waals surface area (Å²) in [5.41, 5.74) is 0. The number of para-hydroxylation sites is 2. The van der Waals surface area contributed by atoms with Crippen LogP contribution in [0.1, 0.15) is 6.92 Å². The van der Waals surface area contributed by atoms with Crippen LogP contribution in [0.25, 0.3) is 0 Å². The highest BCUT2D eigenvalue weighted by atomic mass is 79.9. The van der Waals surface area contributed by atoms with Gasteiger partial charge in [0, 0.05) is 18.1 Å². The van der Waals surface area contributed by atoms with Crippen LogP contribution in [0.3, 0.4) is 0 Å². The monoisotopic (exact) mass is 443 g/mol. The quantitative estimate of drug-likeness (QED) is 0.644. The molecule has 0 fully saturated rings. The van der Waals surface area contributed by atoms with E-state index in [2.05, 4.69) is 15.9 Å². The standard InChI is InChI=1S/C18H22BrNO5S/c1-3-24-17-6-4-5-7-18(17)25-13-15(21)12-20(2)26(22,23)16-10-8-14(19)9-11-16/h4-11,15,21H,3,12-13H2,1-2H3/t15-/m0/s1. The predicted molar refractivity (Wildman–Crippen MR) is 103 cm³/mol. The molecule has 8 heteroatoms. The molecule has 142 valence electrons. The van der Waals surface area contributed by atoms with E-state index in [4.69, 9.17) is 9.47 Å². The van der Waals surface area contributed by atoms with Crippen molar-refractivity contribution in [1.29, 1.82) is 0 Å². The van der Waals surface area contributed by atoms with Crippen LogP contribution < -0.4 is 9.47 Å². The third kappa shape index (κ3) is 5.44. The summed E-state index contributed by atoms with van der Waals surface area (Å²) in [7, 11) is -2.25. The van der Waals surface area contributed by atoms with Crippen molar-refractivity contribution in [3.63, 3.8) is 0 Å². The zero-order valence-electron chi connectivity index (χ0n) is 14.6. The summed E-state index contributed by atoms with van der Waals surface area (Å²) in [6, 6.07) is 13.5. The molecule has 2 aromatic carbocycles. The summed E-state index contributed by atoms with van der Waals surface area (Å²) in [6.07, 6.45) is -0.986. The zero-order valence-corrected chi connectivity index (χ0v) is 17.0. The molecule has 0 saturated heterocycles. The molecule has 2 rings (SSSR count). The molecule has 0 heterocycles. The van der Waals surface area contributed by atoms with Crippen molar-refractivity contribution >= 4 is 26.0 Å². The molecule has 26 heavy (non-hydrogen) atoms. The van der Waals surface area contributed by atoms with E-state index >= 15 is 0 Å². The first-order chi connectivity index (χ1) is 12.3. The number of likely N-dealkylation sites (N-methyl/N-ethyl adjacent to an activating group) is 1. The number of aliphatic hydroxyl groups is 1. The maximum Gasteiger partial charge on any atom is 0.242 e. The maximum absolute atomic E-state index is 12.5. The van der Waals surface area contributed by atoms with Gasteiger partial charge in [-0.05, 0) is 43.3 Å². The number of aliphatic hydroxyl groups excluding tert-OH is 1. The van der Waals surface area contributed by atoms with Gasteiger partial charge < -0.3 is 14.6 Å². The van der Waals surface area contributed by atoms with Gasteiger partial charge in [-0.3, -0.25) is 0 Å². The second-order valence-corrected chi connectivity index (χ2v) is 8.54. The van der Waals surface area contributed by atoms with E-state index < -0.39 is 16.1 Å². The lowest BCUT2D eigenvalue weighted by atomic mass is 10.3. The Morgan fingerprint density at radius 2 is 1.65 bits per heavy atom. The predicted octanol–water partition coefficient (Wildman–Crippen LogP) is 2.91. The van der Waals surface area contributed by atoms with E-state index in [0.29, 0.717) is 18.1 Å². The van der Waals surface area contributed by atoms with Gasteiger partial charge in [-0.25, -0.2) is 8.42 Å². The number of rotatable bonds is 9. The van der Waals surface area contributed by atoms with E-state index in [1.165, 1.54) is 19.2 Å². The molecule has 1 atom stereocenters. The van der Waals surface area contributed by atoms with Crippen molar-refractivity contribution in [2.45, 2.75) is 17.9 Å². The fraction of sp³-hybridized carbons (Fsp3) is 0.333. The van der Waals surface area contributed by atoms with Gasteiger partial charge in [-0.1, -0.05) is 28.1 Å². The van der Waals surface area contributed by atoms with Crippen LogP contribution in [0.5, 0.6) is 11.5 Å². The molecule has 0 aliphatic heterocycles. The Kier molecular flexibility index (Phi) is 7.45. The largest absolute Gasteiger partial charge is 0.490 e. The van der Waals surface area contributed by atoms with Crippen LogP contribution in [0.4, 0.5) is 0 Å². The fourth-order valence-corrected chi connectivity index (χ4v) is 3.74. The highest BCUT2D eigenvalue weighted by Gasteiger charge is 2.23. The number of ether oxygens (including phenoxy) is 2. The van der Waals surface area contributed by atoms with Gasteiger partial charge in [-0.2, -0.15) is 4.31 Å². The maximum atomic E-state index is 12.5. The van der Waals surface area contributed by atoms with Crippen LogP contribution in [0, 0.1) is 0 Å². The lowest BCUT2D eigenvalue weighted by molar-refractivity contribution is 0.0917. The third-order valence-corrected chi connectivity index (χ3v) is 5.94. The van der Waals surface area contributed by atoms with E-state index in [1.807, 2.05) is 13.0 Å². The van der Waals surface area contributed by atoms with Crippen LogP contribution in [0.2, 0.25) is 0 Å². The Balaban J connectivity index is 1.97. The lowest BCUT2D eigenvalue weighted by Gasteiger charge is -2.21. The van der Waals surface area contributed by atoms with Gasteiger partial charge in [0.15, 0.2) is 11.5 Å². The highest BCUT2D eigenvalue weighted by molar-refractivity contribution is 9.10. The average molecular weight is 444 g/mol. The molecule has 0 aliphatic carbocycles. The Labute approximate surface area is 162 Å². The normalized spacial score (nSPS) is 12.8. The minimum atomic E-state index is -3.68. The molecular formula is C18H22BrNO5S. The number of hydrogen-bond acceptors (Lipinski definition) is 5. The zero-order chi connectivity index (χ0) is 19.2. The smallest absolute Gasteiger partial charge is 0.242 e. The summed E-state index contributed by atoms with van der Waals surface area (Å²) in [4.78, 5) is 0.165. The number of benzene rings is 2. The van der Waals surface area contributed by atoms with E-state index in [1.54, 1.807) is 30.3 Å². The van der Waals surface area contributed by atoms with Crippen molar-refractivity contribution in [2.75, 3.05) is 26.8 Å². The number of hydrogen-bond donors (Lipinski definition) is 1. The average Bonchev–Trinajstić information content (AvgIpc) is 2.61. The fourth-order valence-electron chi connectivity index (χ4n) is 2.26. The van der Waals surface area contributed by atoms with Crippen molar-refractivity contribution in [3.05, 3.63) is 53.0 Å². The summed E-state index contributed by atoms with van der Waals surface area (Å²) in [6.45, 7) is 2.23. The van der Waals surface area contributed by atoms with E-state index in [-0.39, 0.29) is 18.0 Å². The summed E-state index contributed by atoms with van der Waals surface area (Å²) >= 11 is 3.27. The van der Waals surface area contributed by atoms with Crippen LogP contribution in [-0.4, -0.2) is 50.7 Å². The first-order valence-corrected chi connectivity index (χ1v) is 10.3. The summed E-state index contributed by atoms with van der Waals surface area (Å²) in [5, 5.41) is 10.2. The summed E-state index contributed by atoms with van der Waals surface area (Å²) in [5.74, 6) is 1.09. The minimum absolute atomic E-state index is 0.0513. The van der Waals surface area contributed by atoms with Crippen molar-refractivity contribution in [2.24, 2.45) is 0 Å². The molecule has 0 aromatic heterocycles. The number of nitrogens with zero attached hydrogens (tertiary/aromatic N) is 1. The molecule has 0 bridgehead atoms. The first kappa shape index (κ1) is 20.7. The first-order valence-electron chi connectivity index (χ1n) is 8.09. The molecular weight excluding hydrogens is 422 g/mol. The third-order valence-electron chi connectivity index (χ3n) is 3.57. The van der Waals surface area contributed by atoms with Crippen LogP contribution in [-0.2, 0) is 10.0 Å². The van der Waals surface area contributed by atoms with Crippen LogP contribution in [0.15, 0.2) is 57.9 Å². The SMILES string of the molecule is CCOc1ccccc1OC[C@@H](O)CN(C)S(=O)(=O)c1ccc(Br)cc1. The van der Waals surface area contributed by atoms with Crippen molar-refractivity contribution < 1.29 is 23.0 Å². The van der Waals surface area contributed by atoms with Gasteiger partial charge in [0.05, 0.1) is 11.5 Å². The molecule has 0 radical (unpaired) electrons.